The van der Waals surface area contributed by atoms with E-state index in [-0.39, 0.29) is 11.4 Å². The van der Waals surface area contributed by atoms with Crippen LogP contribution >= 0.6 is 0 Å². The Labute approximate surface area is 228 Å². The Hall–Kier alpha value is -4.36. The van der Waals surface area contributed by atoms with E-state index >= 15 is 0 Å². The number of aromatic hydroxyl groups is 2. The molecule has 0 spiro atoms. The number of anilines is 5. The lowest BCUT2D eigenvalue weighted by Gasteiger charge is -2.30. The molecule has 0 bridgehead atoms. The van der Waals surface area contributed by atoms with Gasteiger partial charge in [0.15, 0.2) is 0 Å². The van der Waals surface area contributed by atoms with Crippen molar-refractivity contribution < 1.29 is 28.2 Å². The van der Waals surface area contributed by atoms with Crippen LogP contribution in [-0.4, -0.2) is 62.2 Å². The molecule has 14 heteroatoms. The van der Waals surface area contributed by atoms with Crippen LogP contribution in [0, 0.1) is 0 Å². The van der Waals surface area contributed by atoms with Crippen molar-refractivity contribution >= 4 is 35.1 Å². The van der Waals surface area contributed by atoms with E-state index in [0.29, 0.717) is 29.6 Å². The van der Waals surface area contributed by atoms with Crippen LogP contribution in [0.1, 0.15) is 54.6 Å². The maximum Gasteiger partial charge on any atom is 0.433 e. The lowest BCUT2D eigenvalue weighted by atomic mass is 10.1. The van der Waals surface area contributed by atoms with Gasteiger partial charge in [0, 0.05) is 37.9 Å². The summed E-state index contributed by atoms with van der Waals surface area (Å²) in [6.45, 7) is 3.45. The average molecular weight is 559 g/mol. The maximum atomic E-state index is 12.8. The molecular formula is C26H29F3N8O3. The van der Waals surface area contributed by atoms with E-state index < -0.39 is 29.2 Å². The largest absolute Gasteiger partial charge is 0.506 e. The molecule has 40 heavy (non-hydrogen) atoms. The number of phenols is 1. The molecule has 11 nitrogen and oxygen atoms in total. The number of pyridine rings is 1. The summed E-state index contributed by atoms with van der Waals surface area (Å²) in [6.07, 6.45) is 1.83. The van der Waals surface area contributed by atoms with Crippen LogP contribution in [0.15, 0.2) is 30.3 Å². The number of carbonyl (C=O) groups excluding carboxylic acids is 1. The highest BCUT2D eigenvalue weighted by molar-refractivity contribution is 6.06. The molecule has 0 aliphatic carbocycles. The molecule has 2 aliphatic rings. The van der Waals surface area contributed by atoms with Crippen LogP contribution in [0.25, 0.3) is 0 Å². The van der Waals surface area contributed by atoms with Gasteiger partial charge in [-0.25, -0.2) is 4.98 Å². The second-order valence-electron chi connectivity index (χ2n) is 9.73. The first kappa shape index (κ1) is 27.2. The lowest BCUT2D eigenvalue weighted by Crippen LogP contribution is -2.34. The third kappa shape index (κ3) is 6.26. The van der Waals surface area contributed by atoms with Crippen LogP contribution < -0.4 is 20.4 Å². The summed E-state index contributed by atoms with van der Waals surface area (Å²) in [5.41, 5.74) is -1.39. The number of nitrogens with zero attached hydrogens (tertiary/aromatic N) is 6. The molecule has 1 aromatic carbocycles. The van der Waals surface area contributed by atoms with Crippen molar-refractivity contribution in [2.45, 2.75) is 44.7 Å². The highest BCUT2D eigenvalue weighted by Crippen LogP contribution is 2.32. The molecule has 212 valence electrons. The van der Waals surface area contributed by atoms with Crippen molar-refractivity contribution in [3.63, 3.8) is 0 Å². The molecule has 0 atom stereocenters. The second kappa shape index (κ2) is 11.4. The van der Waals surface area contributed by atoms with E-state index in [1.807, 2.05) is 0 Å². The highest BCUT2D eigenvalue weighted by atomic mass is 19.4. The van der Waals surface area contributed by atoms with E-state index in [2.05, 4.69) is 35.4 Å². The second-order valence-corrected chi connectivity index (χ2v) is 9.73. The topological polar surface area (TPSA) is 140 Å². The van der Waals surface area contributed by atoms with Gasteiger partial charge in [0.05, 0.1) is 5.69 Å². The van der Waals surface area contributed by atoms with Crippen LogP contribution in [0.4, 0.5) is 42.4 Å². The van der Waals surface area contributed by atoms with Gasteiger partial charge in [-0.1, -0.05) is 0 Å². The smallest absolute Gasteiger partial charge is 0.433 e. The molecule has 4 N–H and O–H groups in total. The molecular weight excluding hydrogens is 529 g/mol. The minimum Gasteiger partial charge on any atom is -0.506 e. The SMILES string of the molecule is O=C(Nc1ccc(Nc2nc(N3CCCCC3)nc(N3CCCCC3)n2)cc1O)c1ccc(C(F)(F)F)nc1O. The van der Waals surface area contributed by atoms with Crippen molar-refractivity contribution in [1.29, 1.82) is 0 Å². The van der Waals surface area contributed by atoms with Gasteiger partial charge in [-0.2, -0.15) is 28.1 Å². The molecule has 0 saturated carbocycles. The predicted octanol–water partition coefficient (Wildman–Crippen LogP) is 4.67. The van der Waals surface area contributed by atoms with Gasteiger partial charge in [0.2, 0.25) is 23.7 Å². The number of amides is 1. The van der Waals surface area contributed by atoms with E-state index in [0.717, 1.165) is 57.9 Å². The Morgan fingerprint density at radius 1 is 0.800 bits per heavy atom. The van der Waals surface area contributed by atoms with E-state index in [1.165, 1.54) is 25.0 Å². The molecule has 5 rings (SSSR count). The Morgan fingerprint density at radius 3 is 1.93 bits per heavy atom. The molecule has 2 saturated heterocycles. The first-order valence-corrected chi connectivity index (χ1v) is 13.1. The van der Waals surface area contributed by atoms with Gasteiger partial charge in [-0.15, -0.1) is 0 Å². The van der Waals surface area contributed by atoms with Crippen LogP contribution in [0.2, 0.25) is 0 Å². The van der Waals surface area contributed by atoms with Gasteiger partial charge in [-0.3, -0.25) is 4.79 Å². The fraction of sp³-hybridized carbons (Fsp3) is 0.423. The fourth-order valence-corrected chi connectivity index (χ4v) is 4.70. The summed E-state index contributed by atoms with van der Waals surface area (Å²) < 4.78 is 38.4. The lowest BCUT2D eigenvalue weighted by molar-refractivity contribution is -0.141. The van der Waals surface area contributed by atoms with Gasteiger partial charge in [-0.05, 0) is 62.8 Å². The summed E-state index contributed by atoms with van der Waals surface area (Å²) in [5.74, 6) is -0.836. The fourth-order valence-electron chi connectivity index (χ4n) is 4.70. The first-order valence-electron chi connectivity index (χ1n) is 13.1. The summed E-state index contributed by atoms with van der Waals surface area (Å²) in [4.78, 5) is 33.9. The summed E-state index contributed by atoms with van der Waals surface area (Å²) in [6, 6.07) is 5.74. The zero-order valence-corrected chi connectivity index (χ0v) is 21.6. The van der Waals surface area contributed by atoms with Crippen LogP contribution in [-0.2, 0) is 6.18 Å². The minimum atomic E-state index is -4.77. The highest BCUT2D eigenvalue weighted by Gasteiger charge is 2.33. The Bertz CT molecular complexity index is 1340. The first-order chi connectivity index (χ1) is 19.2. The van der Waals surface area contributed by atoms with E-state index in [9.17, 15) is 28.2 Å². The summed E-state index contributed by atoms with van der Waals surface area (Å²) in [5, 5.41) is 25.9. The van der Waals surface area contributed by atoms with Gasteiger partial charge >= 0.3 is 6.18 Å². The average Bonchev–Trinajstić information content (AvgIpc) is 2.94. The number of alkyl halides is 3. The number of benzene rings is 1. The van der Waals surface area contributed by atoms with Gasteiger partial charge in [0.1, 0.15) is 17.0 Å². The molecule has 0 unspecified atom stereocenters. The van der Waals surface area contributed by atoms with Crippen molar-refractivity contribution in [2.24, 2.45) is 0 Å². The number of rotatable bonds is 6. The van der Waals surface area contributed by atoms with Gasteiger partial charge < -0.3 is 30.6 Å². The van der Waals surface area contributed by atoms with Crippen molar-refractivity contribution in [3.05, 3.63) is 41.6 Å². The van der Waals surface area contributed by atoms with Crippen molar-refractivity contribution in [1.82, 2.24) is 19.9 Å². The molecule has 2 aliphatic heterocycles. The maximum absolute atomic E-state index is 12.8. The van der Waals surface area contributed by atoms with Crippen LogP contribution in [0.5, 0.6) is 11.6 Å². The van der Waals surface area contributed by atoms with E-state index in [4.69, 9.17) is 4.98 Å². The van der Waals surface area contributed by atoms with Crippen LogP contribution in [0.3, 0.4) is 0 Å². The summed E-state index contributed by atoms with van der Waals surface area (Å²) in [7, 11) is 0. The molecule has 2 aromatic heterocycles. The number of phenolic OH excluding ortho intramolecular Hbond substituents is 1. The standard InChI is InChI=1S/C26H29F3N8O3/c27-26(28,29)20-10-8-17(22(40)32-20)21(39)31-18-9-7-16(15-19(18)38)30-23-33-24(36-11-3-1-4-12-36)35-25(34-23)37-13-5-2-6-14-37/h7-10,15,38H,1-6,11-14H2,(H,31,39)(H,32,40)(H,30,33,34,35). The zero-order valence-electron chi connectivity index (χ0n) is 21.6. The molecule has 4 heterocycles. The van der Waals surface area contributed by atoms with Crippen molar-refractivity contribution in [2.75, 3.05) is 46.6 Å². The monoisotopic (exact) mass is 558 g/mol. The van der Waals surface area contributed by atoms with E-state index in [1.54, 1.807) is 6.07 Å². The Morgan fingerprint density at radius 2 is 1.40 bits per heavy atom. The Kier molecular flexibility index (Phi) is 7.76. The quantitative estimate of drug-likeness (QED) is 0.316. The van der Waals surface area contributed by atoms with Gasteiger partial charge in [0.25, 0.3) is 5.91 Å². The normalized spacial score (nSPS) is 16.1. The number of aromatic nitrogens is 4. The molecule has 2 fully saturated rings. The zero-order chi connectivity index (χ0) is 28.3. The number of hydrogen-bond acceptors (Lipinski definition) is 10. The molecule has 0 radical (unpaired) electrons. The number of halogens is 3. The third-order valence-corrected chi connectivity index (χ3v) is 6.80. The third-order valence-electron chi connectivity index (χ3n) is 6.80. The number of piperidine rings is 2. The molecule has 1 amide bonds. The number of carbonyl (C=O) groups is 1. The summed E-state index contributed by atoms with van der Waals surface area (Å²) >= 11 is 0. The minimum absolute atomic E-state index is 0.0199. The van der Waals surface area contributed by atoms with Crippen molar-refractivity contribution in [3.8, 4) is 11.6 Å². The number of nitrogens with one attached hydrogen (secondary N) is 2. The predicted molar refractivity (Wildman–Crippen MR) is 142 cm³/mol. The number of hydrogen-bond donors (Lipinski definition) is 4. The molecule has 3 aromatic rings. The Balaban J connectivity index is 1.34.